The Morgan fingerprint density at radius 2 is 1.74 bits per heavy atom. The predicted molar refractivity (Wildman–Crippen MR) is 90.3 cm³/mol. The van der Waals surface area contributed by atoms with Gasteiger partial charge in [0.15, 0.2) is 0 Å². The van der Waals surface area contributed by atoms with E-state index in [1.807, 2.05) is 47.6 Å². The topological polar surface area (TPSA) is 36.4 Å². The summed E-state index contributed by atoms with van der Waals surface area (Å²) in [4.78, 5) is 20.7. The van der Waals surface area contributed by atoms with Crippen molar-refractivity contribution in [1.29, 1.82) is 0 Å². The van der Waals surface area contributed by atoms with E-state index in [0.29, 0.717) is 18.3 Å². The summed E-state index contributed by atoms with van der Waals surface area (Å²) in [6.45, 7) is 4.07. The van der Waals surface area contributed by atoms with E-state index < -0.39 is 0 Å². The molecule has 2 aliphatic rings. The van der Waals surface area contributed by atoms with Gasteiger partial charge in [0.05, 0.1) is 0 Å². The molecule has 0 N–H and O–H groups in total. The molecule has 0 radical (unpaired) electrons. The summed E-state index contributed by atoms with van der Waals surface area (Å²) in [6.07, 6.45) is 4.40. The first-order chi connectivity index (χ1) is 11.3. The van der Waals surface area contributed by atoms with Gasteiger partial charge in [0.1, 0.15) is 0 Å². The van der Waals surface area contributed by atoms with Crippen LogP contribution >= 0.6 is 0 Å². The maximum absolute atomic E-state index is 12.3. The molecule has 23 heavy (non-hydrogen) atoms. The van der Waals surface area contributed by atoms with Crippen LogP contribution in [0, 0.1) is 5.92 Å². The second kappa shape index (κ2) is 6.13. The van der Waals surface area contributed by atoms with Crippen molar-refractivity contribution in [2.24, 2.45) is 5.92 Å². The number of pyridine rings is 1. The predicted octanol–water partition coefficient (Wildman–Crippen LogP) is 2.53. The Bertz CT molecular complexity index is 668. The van der Waals surface area contributed by atoms with E-state index in [1.165, 1.54) is 5.56 Å². The second-order valence-corrected chi connectivity index (χ2v) is 6.61. The number of carbonyl (C=O) groups excluding carboxylic acids is 1. The molecule has 3 heterocycles. The number of hydrogen-bond acceptors (Lipinski definition) is 3. The van der Waals surface area contributed by atoms with Crippen molar-refractivity contribution in [3.8, 4) is 0 Å². The van der Waals surface area contributed by atoms with E-state index >= 15 is 0 Å². The van der Waals surface area contributed by atoms with Gasteiger partial charge in [-0.15, -0.1) is 0 Å². The van der Waals surface area contributed by atoms with Crippen molar-refractivity contribution < 1.29 is 4.79 Å². The van der Waals surface area contributed by atoms with Crippen molar-refractivity contribution >= 4 is 11.6 Å². The molecule has 1 atom stereocenters. The van der Waals surface area contributed by atoms with Gasteiger partial charge in [-0.05, 0) is 35.7 Å². The third-order valence-corrected chi connectivity index (χ3v) is 4.92. The Morgan fingerprint density at radius 3 is 2.48 bits per heavy atom. The van der Waals surface area contributed by atoms with Crippen molar-refractivity contribution in [3.05, 3.63) is 60.4 Å². The number of benzene rings is 1. The zero-order valence-corrected chi connectivity index (χ0v) is 13.1. The lowest BCUT2D eigenvalue weighted by Gasteiger charge is -2.40. The fraction of sp³-hybridized carbons (Fsp3) is 0.368. The molecule has 4 heteroatoms. The molecule has 2 aromatic rings. The largest absolute Gasteiger partial charge is 0.312 e. The number of likely N-dealkylation sites (tertiary alicyclic amines) is 1. The van der Waals surface area contributed by atoms with Crippen LogP contribution in [-0.2, 0) is 4.79 Å². The van der Waals surface area contributed by atoms with Crippen molar-refractivity contribution in [3.63, 3.8) is 0 Å². The number of para-hydroxylation sites is 1. The number of hydrogen-bond donors (Lipinski definition) is 0. The molecule has 118 valence electrons. The number of nitrogens with zero attached hydrogens (tertiary/aromatic N) is 3. The van der Waals surface area contributed by atoms with Gasteiger partial charge in [0.2, 0.25) is 5.91 Å². The maximum Gasteiger partial charge on any atom is 0.227 e. The Hall–Kier alpha value is -2.20. The number of anilines is 1. The van der Waals surface area contributed by atoms with Gasteiger partial charge in [0.25, 0.3) is 0 Å². The third kappa shape index (κ3) is 2.99. The number of rotatable bonds is 4. The van der Waals surface area contributed by atoms with Crippen LogP contribution in [0.4, 0.5) is 5.69 Å². The molecule has 2 fully saturated rings. The van der Waals surface area contributed by atoms with Crippen LogP contribution in [0.2, 0.25) is 0 Å². The molecule has 4 rings (SSSR count). The Morgan fingerprint density at radius 1 is 1.00 bits per heavy atom. The molecule has 0 bridgehead atoms. The lowest BCUT2D eigenvalue weighted by molar-refractivity contribution is -0.117. The molecular weight excluding hydrogens is 286 g/mol. The Balaban J connectivity index is 1.31. The average molecular weight is 307 g/mol. The van der Waals surface area contributed by atoms with Gasteiger partial charge >= 0.3 is 0 Å². The third-order valence-electron chi connectivity index (χ3n) is 4.92. The summed E-state index contributed by atoms with van der Waals surface area (Å²) < 4.78 is 0. The molecule has 2 saturated heterocycles. The fourth-order valence-electron chi connectivity index (χ4n) is 3.69. The molecule has 0 spiro atoms. The molecule has 1 amide bonds. The highest BCUT2D eigenvalue weighted by atomic mass is 16.2. The van der Waals surface area contributed by atoms with Crippen LogP contribution in [0.15, 0.2) is 54.9 Å². The zero-order valence-electron chi connectivity index (χ0n) is 13.1. The van der Waals surface area contributed by atoms with E-state index in [4.69, 9.17) is 0 Å². The van der Waals surface area contributed by atoms with Crippen molar-refractivity contribution in [2.45, 2.75) is 12.3 Å². The van der Waals surface area contributed by atoms with E-state index in [-0.39, 0.29) is 5.91 Å². The number of amides is 1. The van der Waals surface area contributed by atoms with Gasteiger partial charge in [0, 0.05) is 56.6 Å². The summed E-state index contributed by atoms with van der Waals surface area (Å²) >= 11 is 0. The lowest BCUT2D eigenvalue weighted by Crippen LogP contribution is -2.47. The van der Waals surface area contributed by atoms with E-state index in [0.717, 1.165) is 31.9 Å². The van der Waals surface area contributed by atoms with Gasteiger partial charge in [-0.2, -0.15) is 0 Å². The highest BCUT2D eigenvalue weighted by molar-refractivity contribution is 5.95. The molecule has 2 aliphatic heterocycles. The van der Waals surface area contributed by atoms with Crippen LogP contribution in [0.1, 0.15) is 17.9 Å². The zero-order chi connectivity index (χ0) is 15.6. The summed E-state index contributed by atoms with van der Waals surface area (Å²) in [7, 11) is 0. The fourth-order valence-corrected chi connectivity index (χ4v) is 3.69. The van der Waals surface area contributed by atoms with Gasteiger partial charge in [-0.25, -0.2) is 0 Å². The monoisotopic (exact) mass is 307 g/mol. The minimum absolute atomic E-state index is 0.257. The highest BCUT2D eigenvalue weighted by Gasteiger charge is 2.35. The molecule has 4 nitrogen and oxygen atoms in total. The van der Waals surface area contributed by atoms with Crippen LogP contribution in [-0.4, -0.2) is 42.0 Å². The first-order valence-corrected chi connectivity index (χ1v) is 8.27. The van der Waals surface area contributed by atoms with E-state index in [1.54, 1.807) is 0 Å². The summed E-state index contributed by atoms with van der Waals surface area (Å²) in [6, 6.07) is 14.2. The molecule has 0 aliphatic carbocycles. The molecule has 0 unspecified atom stereocenters. The number of carbonyl (C=O) groups is 1. The number of aromatic nitrogens is 1. The van der Waals surface area contributed by atoms with Crippen LogP contribution in [0.3, 0.4) is 0 Å². The van der Waals surface area contributed by atoms with E-state index in [2.05, 4.69) is 22.0 Å². The maximum atomic E-state index is 12.3. The second-order valence-electron chi connectivity index (χ2n) is 6.61. The van der Waals surface area contributed by atoms with Crippen LogP contribution in [0.5, 0.6) is 0 Å². The van der Waals surface area contributed by atoms with Crippen molar-refractivity contribution in [1.82, 2.24) is 9.88 Å². The quantitative estimate of drug-likeness (QED) is 0.871. The normalized spacial score (nSPS) is 22.3. The summed E-state index contributed by atoms with van der Waals surface area (Å²) in [5.74, 6) is 1.33. The summed E-state index contributed by atoms with van der Waals surface area (Å²) in [5.41, 5.74) is 2.41. The van der Waals surface area contributed by atoms with Crippen LogP contribution < -0.4 is 4.90 Å². The van der Waals surface area contributed by atoms with Crippen LogP contribution in [0.25, 0.3) is 0 Å². The Labute approximate surface area is 136 Å². The van der Waals surface area contributed by atoms with Crippen molar-refractivity contribution in [2.75, 3.05) is 31.1 Å². The van der Waals surface area contributed by atoms with Gasteiger partial charge < -0.3 is 9.80 Å². The standard InChI is InChI=1S/C19H21N3O/c23-19-10-15(12-22(19)18-4-2-1-3-5-18)11-21-13-17(14-21)16-6-8-20-9-7-16/h1-9,15,17H,10-14H2/t15-/m1/s1. The lowest BCUT2D eigenvalue weighted by atomic mass is 9.91. The van der Waals surface area contributed by atoms with Gasteiger partial charge in [-0.3, -0.25) is 9.78 Å². The first-order valence-electron chi connectivity index (χ1n) is 8.27. The molecular formula is C19H21N3O. The van der Waals surface area contributed by atoms with Gasteiger partial charge in [-0.1, -0.05) is 18.2 Å². The minimum atomic E-state index is 0.257. The average Bonchev–Trinajstić information content (AvgIpc) is 2.93. The molecule has 1 aromatic carbocycles. The van der Waals surface area contributed by atoms with E-state index in [9.17, 15) is 4.79 Å². The summed E-state index contributed by atoms with van der Waals surface area (Å²) in [5, 5.41) is 0. The molecule has 1 aromatic heterocycles. The SMILES string of the molecule is O=C1C[C@H](CN2CC(c3ccncc3)C2)CN1c1ccccc1. The smallest absolute Gasteiger partial charge is 0.227 e. The molecule has 0 saturated carbocycles. The first kappa shape index (κ1) is 14.4. The Kier molecular flexibility index (Phi) is 3.83. The highest BCUT2D eigenvalue weighted by Crippen LogP contribution is 2.30. The minimum Gasteiger partial charge on any atom is -0.312 e.